The van der Waals surface area contributed by atoms with Gasteiger partial charge in [-0.3, -0.25) is 4.79 Å². The highest BCUT2D eigenvalue weighted by atomic mass is 19.1. The average Bonchev–Trinajstić information content (AvgIpc) is 2.82. The fraction of sp³-hybridized carbons (Fsp3) is 0.267. The van der Waals surface area contributed by atoms with Crippen molar-refractivity contribution < 1.29 is 13.6 Å². The molecule has 0 atom stereocenters. The third kappa shape index (κ3) is 2.50. The Morgan fingerprint density at radius 2 is 1.89 bits per heavy atom. The van der Waals surface area contributed by atoms with Gasteiger partial charge in [-0.1, -0.05) is 12.1 Å². The molecule has 0 unspecified atom stereocenters. The number of hydrogen-bond acceptors (Lipinski definition) is 2. The Balaban J connectivity index is 2.19. The maximum atomic E-state index is 12.9. The molecule has 0 fully saturated rings. The van der Waals surface area contributed by atoms with Crippen LogP contribution in [0.15, 0.2) is 47.1 Å². The first-order valence-electron chi connectivity index (χ1n) is 5.82. The number of hydrogen-bond donors (Lipinski definition) is 0. The predicted octanol–water partition coefficient (Wildman–Crippen LogP) is 3.51. The van der Waals surface area contributed by atoms with Crippen LogP contribution in [0.5, 0.6) is 0 Å². The zero-order valence-corrected chi connectivity index (χ0v) is 10.4. The molecule has 1 heterocycles. The van der Waals surface area contributed by atoms with Gasteiger partial charge in [-0.2, -0.15) is 0 Å². The molecule has 0 amide bonds. The van der Waals surface area contributed by atoms with Crippen molar-refractivity contribution in [2.24, 2.45) is 0 Å². The highest BCUT2D eigenvalue weighted by Gasteiger charge is 2.29. The summed E-state index contributed by atoms with van der Waals surface area (Å²) in [5, 5.41) is 0. The number of ketones is 1. The lowest BCUT2D eigenvalue weighted by Crippen LogP contribution is -2.30. The molecule has 3 heteroatoms. The molecule has 0 N–H and O–H groups in total. The number of carbonyl (C=O) groups excluding carboxylic acids is 1. The number of furan rings is 1. The lowest BCUT2D eigenvalue weighted by Gasteiger charge is -2.23. The summed E-state index contributed by atoms with van der Waals surface area (Å²) in [6, 6.07) is 9.57. The molecule has 0 saturated heterocycles. The molecule has 0 aliphatic rings. The monoisotopic (exact) mass is 246 g/mol. The Bertz CT molecular complexity index is 524. The minimum atomic E-state index is -0.652. The van der Waals surface area contributed by atoms with Gasteiger partial charge in [-0.05, 0) is 43.7 Å². The summed E-state index contributed by atoms with van der Waals surface area (Å²) in [6.07, 6.45) is 1.80. The zero-order valence-electron chi connectivity index (χ0n) is 10.4. The molecule has 1 aromatic carbocycles. The van der Waals surface area contributed by atoms with Gasteiger partial charge in [0.2, 0.25) is 0 Å². The molecule has 0 aliphatic carbocycles. The number of benzene rings is 1. The molecule has 94 valence electrons. The largest absolute Gasteiger partial charge is 0.469 e. The maximum Gasteiger partial charge on any atom is 0.150 e. The summed E-state index contributed by atoms with van der Waals surface area (Å²) in [4.78, 5) is 12.3. The average molecular weight is 246 g/mol. The SMILES string of the molecule is CC(C)(C(=O)Cc1ccco1)c1ccc(F)cc1. The first-order chi connectivity index (χ1) is 8.50. The second-order valence-electron chi connectivity index (χ2n) is 4.81. The highest BCUT2D eigenvalue weighted by molar-refractivity contribution is 5.90. The quantitative estimate of drug-likeness (QED) is 0.826. The third-order valence-electron chi connectivity index (χ3n) is 3.18. The van der Waals surface area contributed by atoms with Crippen molar-refractivity contribution in [2.75, 3.05) is 0 Å². The summed E-state index contributed by atoms with van der Waals surface area (Å²) in [6.45, 7) is 3.68. The van der Waals surface area contributed by atoms with Crippen molar-refractivity contribution in [1.29, 1.82) is 0 Å². The van der Waals surface area contributed by atoms with Crippen LogP contribution in [-0.2, 0) is 16.6 Å². The fourth-order valence-electron chi connectivity index (χ4n) is 1.82. The van der Waals surface area contributed by atoms with Crippen molar-refractivity contribution in [2.45, 2.75) is 25.7 Å². The van der Waals surface area contributed by atoms with Crippen molar-refractivity contribution in [1.82, 2.24) is 0 Å². The van der Waals surface area contributed by atoms with E-state index < -0.39 is 5.41 Å². The van der Waals surface area contributed by atoms with Crippen LogP contribution in [0, 0.1) is 5.82 Å². The standard InChI is InChI=1S/C15H15FO2/c1-15(2,11-5-7-12(16)8-6-11)14(17)10-13-4-3-9-18-13/h3-9H,10H2,1-2H3. The van der Waals surface area contributed by atoms with Gasteiger partial charge in [0.05, 0.1) is 12.7 Å². The van der Waals surface area contributed by atoms with E-state index in [1.807, 2.05) is 13.8 Å². The van der Waals surface area contributed by atoms with Crippen LogP contribution in [0.25, 0.3) is 0 Å². The van der Waals surface area contributed by atoms with Crippen LogP contribution >= 0.6 is 0 Å². The van der Waals surface area contributed by atoms with Crippen LogP contribution in [0.4, 0.5) is 4.39 Å². The van der Waals surface area contributed by atoms with E-state index in [2.05, 4.69) is 0 Å². The van der Waals surface area contributed by atoms with Gasteiger partial charge in [-0.25, -0.2) is 4.39 Å². The summed E-state index contributed by atoms with van der Waals surface area (Å²) in [5.74, 6) is 0.396. The van der Waals surface area contributed by atoms with Crippen molar-refractivity contribution in [3.05, 3.63) is 59.8 Å². The van der Waals surface area contributed by atoms with Gasteiger partial charge < -0.3 is 4.42 Å². The molecule has 18 heavy (non-hydrogen) atoms. The van der Waals surface area contributed by atoms with E-state index in [-0.39, 0.29) is 18.0 Å². The van der Waals surface area contributed by atoms with Crippen LogP contribution < -0.4 is 0 Å². The molecule has 0 bridgehead atoms. The zero-order chi connectivity index (χ0) is 13.2. The fourth-order valence-corrected chi connectivity index (χ4v) is 1.82. The summed E-state index contributed by atoms with van der Waals surface area (Å²) < 4.78 is 18.1. The van der Waals surface area contributed by atoms with E-state index in [1.165, 1.54) is 12.1 Å². The molecular weight excluding hydrogens is 231 g/mol. The number of carbonyl (C=O) groups is 1. The lowest BCUT2D eigenvalue weighted by atomic mass is 9.79. The number of halogens is 1. The predicted molar refractivity (Wildman–Crippen MR) is 66.8 cm³/mol. The Hall–Kier alpha value is -1.90. The molecule has 0 spiro atoms. The minimum absolute atomic E-state index is 0.0454. The van der Waals surface area contributed by atoms with E-state index in [0.717, 1.165) is 5.56 Å². The van der Waals surface area contributed by atoms with E-state index in [4.69, 9.17) is 4.42 Å². The van der Waals surface area contributed by atoms with E-state index in [9.17, 15) is 9.18 Å². The minimum Gasteiger partial charge on any atom is -0.469 e. The van der Waals surface area contributed by atoms with Gasteiger partial charge >= 0.3 is 0 Å². The van der Waals surface area contributed by atoms with E-state index >= 15 is 0 Å². The van der Waals surface area contributed by atoms with Crippen LogP contribution in [-0.4, -0.2) is 5.78 Å². The van der Waals surface area contributed by atoms with Gasteiger partial charge in [0.1, 0.15) is 17.4 Å². The first kappa shape index (κ1) is 12.6. The smallest absolute Gasteiger partial charge is 0.150 e. The van der Waals surface area contributed by atoms with Crippen molar-refractivity contribution in [3.8, 4) is 0 Å². The molecule has 2 rings (SSSR count). The highest BCUT2D eigenvalue weighted by Crippen LogP contribution is 2.26. The molecular formula is C15H15FO2. The topological polar surface area (TPSA) is 30.2 Å². The molecule has 1 aromatic heterocycles. The Morgan fingerprint density at radius 1 is 1.22 bits per heavy atom. The number of rotatable bonds is 4. The molecule has 0 radical (unpaired) electrons. The molecule has 0 aliphatic heterocycles. The van der Waals surface area contributed by atoms with E-state index in [0.29, 0.717) is 5.76 Å². The second-order valence-corrected chi connectivity index (χ2v) is 4.81. The van der Waals surface area contributed by atoms with Crippen molar-refractivity contribution >= 4 is 5.78 Å². The van der Waals surface area contributed by atoms with Crippen LogP contribution in [0.1, 0.15) is 25.2 Å². The third-order valence-corrected chi connectivity index (χ3v) is 3.18. The van der Waals surface area contributed by atoms with Crippen molar-refractivity contribution in [3.63, 3.8) is 0 Å². The molecule has 0 saturated carbocycles. The Labute approximate surface area is 105 Å². The first-order valence-corrected chi connectivity index (χ1v) is 5.82. The lowest BCUT2D eigenvalue weighted by molar-refractivity contribution is -0.123. The maximum absolute atomic E-state index is 12.9. The normalized spacial score (nSPS) is 11.5. The Kier molecular flexibility index (Phi) is 3.32. The Morgan fingerprint density at radius 3 is 2.44 bits per heavy atom. The summed E-state index contributed by atoms with van der Waals surface area (Å²) >= 11 is 0. The van der Waals surface area contributed by atoms with Gasteiger partial charge in [0.15, 0.2) is 0 Å². The van der Waals surface area contributed by atoms with Crippen LogP contribution in [0.3, 0.4) is 0 Å². The molecule has 2 nitrogen and oxygen atoms in total. The second kappa shape index (κ2) is 4.77. The van der Waals surface area contributed by atoms with Gasteiger partial charge in [0, 0.05) is 5.41 Å². The summed E-state index contributed by atoms with van der Waals surface area (Å²) in [5.41, 5.74) is 0.154. The summed E-state index contributed by atoms with van der Waals surface area (Å²) in [7, 11) is 0. The number of Topliss-reactive ketones (excluding diaryl/α,β-unsaturated/α-hetero) is 1. The van der Waals surface area contributed by atoms with Gasteiger partial charge in [0.25, 0.3) is 0 Å². The van der Waals surface area contributed by atoms with E-state index in [1.54, 1.807) is 30.5 Å². The van der Waals surface area contributed by atoms with Gasteiger partial charge in [-0.15, -0.1) is 0 Å². The van der Waals surface area contributed by atoms with Crippen LogP contribution in [0.2, 0.25) is 0 Å². The molecule has 2 aromatic rings.